The van der Waals surface area contributed by atoms with E-state index in [0.29, 0.717) is 16.9 Å². The second-order valence-corrected chi connectivity index (χ2v) is 8.67. The van der Waals surface area contributed by atoms with Crippen molar-refractivity contribution in [3.8, 4) is 22.7 Å². The van der Waals surface area contributed by atoms with E-state index in [1.165, 1.54) is 11.1 Å². The van der Waals surface area contributed by atoms with Crippen LogP contribution in [-0.4, -0.2) is 22.1 Å². The molecule has 0 saturated carbocycles. The average molecular weight is 448 g/mol. The smallest absolute Gasteiger partial charge is 0.118 e. The summed E-state index contributed by atoms with van der Waals surface area (Å²) in [5, 5.41) is 9.12. The summed E-state index contributed by atoms with van der Waals surface area (Å²) in [5.74, 6) is 2.05. The average Bonchev–Trinajstić information content (AvgIpc) is 3.30. The number of methoxy groups -OCH3 is 1. The van der Waals surface area contributed by atoms with E-state index in [1.807, 2.05) is 42.6 Å². The molecule has 0 spiro atoms. The lowest BCUT2D eigenvalue weighted by Gasteiger charge is -2.05. The van der Waals surface area contributed by atoms with Crippen molar-refractivity contribution in [3.05, 3.63) is 95.1 Å². The molecule has 4 rings (SSSR count). The third-order valence-electron chi connectivity index (χ3n) is 5.24. The Labute approximate surface area is 195 Å². The van der Waals surface area contributed by atoms with Crippen LogP contribution in [0.15, 0.2) is 79.0 Å². The van der Waals surface area contributed by atoms with Gasteiger partial charge in [0.05, 0.1) is 19.0 Å². The van der Waals surface area contributed by atoms with Gasteiger partial charge in [-0.2, -0.15) is 0 Å². The number of hydrogen-bond donors (Lipinski definition) is 0. The molecule has 166 valence electrons. The van der Waals surface area contributed by atoms with E-state index < -0.39 is 0 Å². The third kappa shape index (κ3) is 6.21. The van der Waals surface area contributed by atoms with Gasteiger partial charge < -0.3 is 4.74 Å². The van der Waals surface area contributed by atoms with Gasteiger partial charge in [0, 0.05) is 10.6 Å². The minimum absolute atomic E-state index is 0.531. The van der Waals surface area contributed by atoms with Crippen LogP contribution in [0.4, 0.5) is 0 Å². The molecule has 0 radical (unpaired) electrons. The topological polar surface area (TPSA) is 39.9 Å². The van der Waals surface area contributed by atoms with Gasteiger partial charge in [0.2, 0.25) is 0 Å². The molecule has 0 unspecified atom stereocenters. The zero-order valence-electron chi connectivity index (χ0n) is 19.3. The highest BCUT2D eigenvalue weighted by molar-refractivity contribution is 6.30. The van der Waals surface area contributed by atoms with Crippen LogP contribution < -0.4 is 4.74 Å². The van der Waals surface area contributed by atoms with Crippen LogP contribution in [0.1, 0.15) is 50.7 Å². The van der Waals surface area contributed by atoms with Gasteiger partial charge >= 0.3 is 0 Å². The first-order chi connectivity index (χ1) is 15.4. The fraction of sp³-hybridized carbons (Fsp3) is 0.259. The van der Waals surface area contributed by atoms with Gasteiger partial charge in [-0.3, -0.25) is 0 Å². The minimum atomic E-state index is 0.531. The Morgan fingerprint density at radius 3 is 1.78 bits per heavy atom. The van der Waals surface area contributed by atoms with Crippen molar-refractivity contribution in [3.63, 3.8) is 0 Å². The molecule has 0 amide bonds. The van der Waals surface area contributed by atoms with Crippen molar-refractivity contribution in [2.75, 3.05) is 7.11 Å². The van der Waals surface area contributed by atoms with Gasteiger partial charge in [-0.15, -0.1) is 5.10 Å². The van der Waals surface area contributed by atoms with Gasteiger partial charge in [0.25, 0.3) is 0 Å². The van der Waals surface area contributed by atoms with E-state index in [9.17, 15) is 0 Å². The summed E-state index contributed by atoms with van der Waals surface area (Å²) in [6.45, 7) is 8.74. The van der Waals surface area contributed by atoms with E-state index in [1.54, 1.807) is 11.8 Å². The summed E-state index contributed by atoms with van der Waals surface area (Å²) < 4.78 is 6.80. The normalized spacial score (nSPS) is 10.8. The van der Waals surface area contributed by atoms with Gasteiger partial charge in [-0.1, -0.05) is 80.9 Å². The van der Waals surface area contributed by atoms with Crippen LogP contribution in [0, 0.1) is 0 Å². The molecule has 5 heteroatoms. The maximum Gasteiger partial charge on any atom is 0.118 e. The molecule has 0 bridgehead atoms. The fourth-order valence-corrected chi connectivity index (χ4v) is 3.27. The summed E-state index contributed by atoms with van der Waals surface area (Å²) in [6.07, 6.45) is 1.92. The Kier molecular flexibility index (Phi) is 8.07. The first-order valence-electron chi connectivity index (χ1n) is 10.8. The van der Waals surface area contributed by atoms with Crippen LogP contribution in [0.25, 0.3) is 16.9 Å². The van der Waals surface area contributed by atoms with Gasteiger partial charge in [-0.25, -0.2) is 4.68 Å². The van der Waals surface area contributed by atoms with E-state index >= 15 is 0 Å². The highest BCUT2D eigenvalue weighted by Crippen LogP contribution is 2.22. The molecule has 0 saturated heterocycles. The van der Waals surface area contributed by atoms with E-state index in [2.05, 4.69) is 74.4 Å². The predicted octanol–water partition coefficient (Wildman–Crippen LogP) is 7.53. The van der Waals surface area contributed by atoms with Crippen LogP contribution in [0.5, 0.6) is 5.75 Å². The number of ether oxygens (including phenoxy) is 1. The Morgan fingerprint density at radius 1 is 0.750 bits per heavy atom. The largest absolute Gasteiger partial charge is 0.497 e. The highest BCUT2D eigenvalue weighted by atomic mass is 35.5. The lowest BCUT2D eigenvalue weighted by Crippen LogP contribution is -1.93. The Balaban J connectivity index is 0.000000222. The molecule has 0 aliphatic carbocycles. The lowest BCUT2D eigenvalue weighted by molar-refractivity contribution is 0.414. The maximum absolute atomic E-state index is 5.90. The van der Waals surface area contributed by atoms with Crippen molar-refractivity contribution in [1.29, 1.82) is 0 Å². The Hall–Kier alpha value is -3.11. The second kappa shape index (κ2) is 11.0. The van der Waals surface area contributed by atoms with Crippen LogP contribution >= 0.6 is 11.6 Å². The first kappa shape index (κ1) is 23.6. The van der Waals surface area contributed by atoms with Crippen molar-refractivity contribution in [1.82, 2.24) is 15.0 Å². The van der Waals surface area contributed by atoms with Gasteiger partial charge in [0.1, 0.15) is 11.4 Å². The summed E-state index contributed by atoms with van der Waals surface area (Å²) in [5.41, 5.74) is 5.55. The Bertz CT molecular complexity index is 1100. The molecular weight excluding hydrogens is 418 g/mol. The standard InChI is InChI=1S/C17H16ClN3.C10H14O/c1-12(2)13-3-5-14(6-4-13)17-11-21(20-19-17)16-9-7-15(18)8-10-16;1-8(2)9-4-6-10(11-3)7-5-9/h3-12H,1-2H3;4-8H,1-3H3. The van der Waals surface area contributed by atoms with E-state index in [0.717, 1.165) is 22.7 Å². The number of benzene rings is 3. The van der Waals surface area contributed by atoms with Crippen molar-refractivity contribution in [2.45, 2.75) is 39.5 Å². The summed E-state index contributed by atoms with van der Waals surface area (Å²) in [7, 11) is 1.68. The summed E-state index contributed by atoms with van der Waals surface area (Å²) >= 11 is 5.90. The molecule has 0 aliphatic heterocycles. The van der Waals surface area contributed by atoms with E-state index in [-0.39, 0.29) is 0 Å². The molecule has 0 atom stereocenters. The first-order valence-corrected chi connectivity index (χ1v) is 11.2. The molecule has 0 aliphatic rings. The zero-order valence-corrected chi connectivity index (χ0v) is 20.0. The molecule has 0 N–H and O–H groups in total. The number of hydrogen-bond acceptors (Lipinski definition) is 3. The fourth-order valence-electron chi connectivity index (χ4n) is 3.14. The predicted molar refractivity (Wildman–Crippen MR) is 133 cm³/mol. The number of aromatic nitrogens is 3. The SMILES string of the molecule is CC(C)c1ccc(-c2cn(-c3ccc(Cl)cc3)nn2)cc1.COc1ccc(C(C)C)cc1. The molecule has 3 aromatic carbocycles. The monoisotopic (exact) mass is 447 g/mol. The van der Waals surface area contributed by atoms with Gasteiger partial charge in [-0.05, 0) is 59.4 Å². The Morgan fingerprint density at radius 2 is 1.28 bits per heavy atom. The molecule has 4 nitrogen and oxygen atoms in total. The highest BCUT2D eigenvalue weighted by Gasteiger charge is 2.06. The van der Waals surface area contributed by atoms with Crippen molar-refractivity contribution < 1.29 is 4.74 Å². The van der Waals surface area contributed by atoms with E-state index in [4.69, 9.17) is 16.3 Å². The molecule has 0 fully saturated rings. The van der Waals surface area contributed by atoms with Gasteiger partial charge in [0.15, 0.2) is 0 Å². The number of rotatable bonds is 5. The molecule has 32 heavy (non-hydrogen) atoms. The molecular formula is C27H30ClN3O. The summed E-state index contributed by atoms with van der Waals surface area (Å²) in [4.78, 5) is 0. The molecule has 4 aromatic rings. The van der Waals surface area contributed by atoms with Crippen LogP contribution in [-0.2, 0) is 0 Å². The summed E-state index contributed by atoms with van der Waals surface area (Å²) in [6, 6.07) is 24.2. The van der Waals surface area contributed by atoms with Crippen LogP contribution in [0.3, 0.4) is 0 Å². The number of nitrogens with zero attached hydrogens (tertiary/aromatic N) is 3. The minimum Gasteiger partial charge on any atom is -0.497 e. The second-order valence-electron chi connectivity index (χ2n) is 8.23. The molecule has 1 heterocycles. The molecule has 1 aromatic heterocycles. The number of halogens is 1. The van der Waals surface area contributed by atoms with Crippen molar-refractivity contribution >= 4 is 11.6 Å². The lowest BCUT2D eigenvalue weighted by atomic mass is 10.0. The third-order valence-corrected chi connectivity index (χ3v) is 5.49. The maximum atomic E-state index is 5.90. The quantitative estimate of drug-likeness (QED) is 0.317. The zero-order chi connectivity index (χ0) is 23.1. The van der Waals surface area contributed by atoms with Crippen LogP contribution in [0.2, 0.25) is 5.02 Å². The van der Waals surface area contributed by atoms with Crippen molar-refractivity contribution in [2.24, 2.45) is 0 Å².